The molecular formula is C16H24N4O. The first kappa shape index (κ1) is 15.5. The van der Waals surface area contributed by atoms with Gasteiger partial charge in [0.05, 0.1) is 13.2 Å². The van der Waals surface area contributed by atoms with Crippen molar-refractivity contribution in [1.29, 1.82) is 0 Å². The Morgan fingerprint density at radius 2 is 2.14 bits per heavy atom. The van der Waals surface area contributed by atoms with Gasteiger partial charge in [0.15, 0.2) is 0 Å². The molecule has 0 aliphatic carbocycles. The van der Waals surface area contributed by atoms with Crippen LogP contribution in [0.25, 0.3) is 0 Å². The van der Waals surface area contributed by atoms with Crippen molar-refractivity contribution in [2.24, 2.45) is 0 Å². The van der Waals surface area contributed by atoms with E-state index in [4.69, 9.17) is 4.74 Å². The lowest BCUT2D eigenvalue weighted by Gasteiger charge is -2.19. The van der Waals surface area contributed by atoms with Crippen molar-refractivity contribution in [3.8, 4) is 5.88 Å². The molecule has 2 aromatic heterocycles. The number of imidazole rings is 1. The van der Waals surface area contributed by atoms with Crippen LogP contribution in [-0.4, -0.2) is 28.2 Å². The molecule has 1 unspecified atom stereocenters. The monoisotopic (exact) mass is 288 g/mol. The van der Waals surface area contributed by atoms with Gasteiger partial charge in [-0.2, -0.15) is 0 Å². The standard InChI is InChI=1S/C16H24N4O/c1-4-9-20-10-8-18-16(20)14(17-5-2)11-13-6-7-15(21-3)19-12-13/h6-8,10,12,14,17H,4-5,9,11H2,1-3H3. The zero-order valence-corrected chi connectivity index (χ0v) is 13.0. The van der Waals surface area contributed by atoms with Gasteiger partial charge in [-0.25, -0.2) is 9.97 Å². The lowest BCUT2D eigenvalue weighted by Crippen LogP contribution is -2.26. The number of ether oxygens (including phenoxy) is 1. The van der Waals surface area contributed by atoms with Gasteiger partial charge < -0.3 is 14.6 Å². The van der Waals surface area contributed by atoms with Gasteiger partial charge in [-0.1, -0.05) is 19.9 Å². The highest BCUT2D eigenvalue weighted by Crippen LogP contribution is 2.18. The zero-order chi connectivity index (χ0) is 15.1. The molecule has 0 aliphatic heterocycles. The molecule has 1 N–H and O–H groups in total. The number of aromatic nitrogens is 3. The molecule has 21 heavy (non-hydrogen) atoms. The lowest BCUT2D eigenvalue weighted by atomic mass is 10.1. The normalized spacial score (nSPS) is 12.3. The molecule has 0 aromatic carbocycles. The fraction of sp³-hybridized carbons (Fsp3) is 0.500. The topological polar surface area (TPSA) is 52.0 Å². The Labute approximate surface area is 126 Å². The number of hydrogen-bond acceptors (Lipinski definition) is 4. The minimum Gasteiger partial charge on any atom is -0.481 e. The van der Waals surface area contributed by atoms with Gasteiger partial charge in [0.25, 0.3) is 0 Å². The Bertz CT molecular complexity index is 535. The van der Waals surface area contributed by atoms with Crippen LogP contribution in [0.4, 0.5) is 0 Å². The van der Waals surface area contributed by atoms with Crippen LogP contribution in [0.2, 0.25) is 0 Å². The highest BCUT2D eigenvalue weighted by molar-refractivity contribution is 5.19. The Kier molecular flexibility index (Phi) is 5.75. The van der Waals surface area contributed by atoms with Crippen LogP contribution in [0.5, 0.6) is 5.88 Å². The van der Waals surface area contributed by atoms with Crippen molar-refractivity contribution in [1.82, 2.24) is 19.9 Å². The van der Waals surface area contributed by atoms with Crippen LogP contribution in [0, 0.1) is 0 Å². The number of methoxy groups -OCH3 is 1. The summed E-state index contributed by atoms with van der Waals surface area (Å²) in [6, 6.07) is 4.16. The molecule has 5 nitrogen and oxygen atoms in total. The molecule has 0 bridgehead atoms. The summed E-state index contributed by atoms with van der Waals surface area (Å²) < 4.78 is 7.33. The summed E-state index contributed by atoms with van der Waals surface area (Å²) in [7, 11) is 1.63. The molecule has 2 rings (SSSR count). The number of likely N-dealkylation sites (N-methyl/N-ethyl adjacent to an activating group) is 1. The van der Waals surface area contributed by atoms with Gasteiger partial charge in [-0.05, 0) is 24.9 Å². The van der Waals surface area contributed by atoms with Crippen LogP contribution in [0.15, 0.2) is 30.7 Å². The molecule has 0 aliphatic rings. The van der Waals surface area contributed by atoms with Crippen molar-refractivity contribution < 1.29 is 4.74 Å². The Morgan fingerprint density at radius 3 is 2.76 bits per heavy atom. The van der Waals surface area contributed by atoms with Crippen molar-refractivity contribution >= 4 is 0 Å². The van der Waals surface area contributed by atoms with Crippen molar-refractivity contribution in [3.63, 3.8) is 0 Å². The van der Waals surface area contributed by atoms with Crippen LogP contribution in [0.3, 0.4) is 0 Å². The lowest BCUT2D eigenvalue weighted by molar-refractivity contribution is 0.397. The fourth-order valence-electron chi connectivity index (χ4n) is 2.45. The first-order chi connectivity index (χ1) is 10.3. The molecule has 0 saturated carbocycles. The second-order valence-electron chi connectivity index (χ2n) is 5.00. The number of hydrogen-bond donors (Lipinski definition) is 1. The average molecular weight is 288 g/mol. The number of rotatable bonds is 8. The minimum absolute atomic E-state index is 0.201. The Hall–Kier alpha value is -1.88. The van der Waals surface area contributed by atoms with Crippen molar-refractivity contribution in [2.45, 2.75) is 39.3 Å². The summed E-state index contributed by atoms with van der Waals surface area (Å²) in [4.78, 5) is 8.81. The van der Waals surface area contributed by atoms with Gasteiger partial charge in [-0.3, -0.25) is 0 Å². The second kappa shape index (κ2) is 7.78. The Balaban J connectivity index is 2.15. The summed E-state index contributed by atoms with van der Waals surface area (Å²) in [6.45, 7) is 6.21. The molecule has 1 atom stereocenters. The van der Waals surface area contributed by atoms with E-state index in [9.17, 15) is 0 Å². The molecule has 5 heteroatoms. The average Bonchev–Trinajstić information content (AvgIpc) is 2.96. The van der Waals surface area contributed by atoms with E-state index >= 15 is 0 Å². The molecule has 0 fully saturated rings. The van der Waals surface area contributed by atoms with E-state index in [2.05, 4.69) is 46.0 Å². The summed E-state index contributed by atoms with van der Waals surface area (Å²) in [5, 5.41) is 3.52. The molecule has 0 radical (unpaired) electrons. The van der Waals surface area contributed by atoms with E-state index in [-0.39, 0.29) is 6.04 Å². The van der Waals surface area contributed by atoms with E-state index in [1.807, 2.05) is 18.5 Å². The third-order valence-corrected chi connectivity index (χ3v) is 3.42. The maximum atomic E-state index is 5.10. The van der Waals surface area contributed by atoms with Gasteiger partial charge in [0.2, 0.25) is 5.88 Å². The molecule has 0 saturated heterocycles. The van der Waals surface area contributed by atoms with E-state index in [1.54, 1.807) is 7.11 Å². The maximum absolute atomic E-state index is 5.10. The molecule has 0 spiro atoms. The largest absolute Gasteiger partial charge is 0.481 e. The molecule has 0 amide bonds. The first-order valence-electron chi connectivity index (χ1n) is 7.51. The molecular weight excluding hydrogens is 264 g/mol. The van der Waals surface area contributed by atoms with Crippen molar-refractivity contribution in [3.05, 3.63) is 42.1 Å². The molecule has 2 aromatic rings. The zero-order valence-electron chi connectivity index (χ0n) is 13.0. The van der Waals surface area contributed by atoms with Crippen LogP contribution in [0.1, 0.15) is 37.7 Å². The second-order valence-corrected chi connectivity index (χ2v) is 5.00. The van der Waals surface area contributed by atoms with Gasteiger partial charge >= 0.3 is 0 Å². The quantitative estimate of drug-likeness (QED) is 0.811. The van der Waals surface area contributed by atoms with E-state index in [0.29, 0.717) is 5.88 Å². The highest BCUT2D eigenvalue weighted by Gasteiger charge is 2.16. The maximum Gasteiger partial charge on any atom is 0.212 e. The van der Waals surface area contributed by atoms with Crippen LogP contribution < -0.4 is 10.1 Å². The van der Waals surface area contributed by atoms with Gasteiger partial charge in [0, 0.05) is 31.2 Å². The minimum atomic E-state index is 0.201. The summed E-state index contributed by atoms with van der Waals surface area (Å²) in [6.07, 6.45) is 7.77. The number of aryl methyl sites for hydroxylation is 1. The molecule has 2 heterocycles. The van der Waals surface area contributed by atoms with E-state index in [0.717, 1.165) is 31.8 Å². The highest BCUT2D eigenvalue weighted by atomic mass is 16.5. The number of nitrogens with one attached hydrogen (secondary N) is 1. The Morgan fingerprint density at radius 1 is 1.29 bits per heavy atom. The fourth-order valence-corrected chi connectivity index (χ4v) is 2.45. The predicted octanol–water partition coefficient (Wildman–Crippen LogP) is 2.59. The number of nitrogens with zero attached hydrogens (tertiary/aromatic N) is 3. The smallest absolute Gasteiger partial charge is 0.212 e. The third-order valence-electron chi connectivity index (χ3n) is 3.42. The van der Waals surface area contributed by atoms with Crippen LogP contribution >= 0.6 is 0 Å². The van der Waals surface area contributed by atoms with Crippen molar-refractivity contribution in [2.75, 3.05) is 13.7 Å². The van der Waals surface area contributed by atoms with E-state index in [1.165, 1.54) is 5.56 Å². The first-order valence-corrected chi connectivity index (χ1v) is 7.51. The predicted molar refractivity (Wildman–Crippen MR) is 83.4 cm³/mol. The van der Waals surface area contributed by atoms with Gasteiger partial charge in [-0.15, -0.1) is 0 Å². The van der Waals surface area contributed by atoms with E-state index < -0.39 is 0 Å². The summed E-state index contributed by atoms with van der Waals surface area (Å²) in [5.41, 5.74) is 1.17. The van der Waals surface area contributed by atoms with Crippen LogP contribution in [-0.2, 0) is 13.0 Å². The molecule has 114 valence electrons. The third kappa shape index (κ3) is 4.04. The number of pyridine rings is 1. The SMILES string of the molecule is CCCn1ccnc1C(Cc1ccc(OC)nc1)NCC. The summed E-state index contributed by atoms with van der Waals surface area (Å²) >= 11 is 0. The van der Waals surface area contributed by atoms with Gasteiger partial charge in [0.1, 0.15) is 5.82 Å². The summed E-state index contributed by atoms with van der Waals surface area (Å²) in [5.74, 6) is 1.74.